The minimum atomic E-state index is -4.61. The van der Waals surface area contributed by atoms with E-state index in [1.54, 1.807) is 34.7 Å². The molecule has 2 atom stereocenters. The van der Waals surface area contributed by atoms with Crippen molar-refractivity contribution in [1.82, 2.24) is 25.0 Å². The van der Waals surface area contributed by atoms with Gasteiger partial charge >= 0.3 is 12.2 Å². The second-order valence-corrected chi connectivity index (χ2v) is 9.22. The van der Waals surface area contributed by atoms with Crippen LogP contribution in [0.15, 0.2) is 42.6 Å². The number of likely N-dealkylation sites (tertiary alicyclic amines) is 1. The number of alkyl halides is 3. The Morgan fingerprint density at radius 2 is 1.97 bits per heavy atom. The van der Waals surface area contributed by atoms with E-state index < -0.39 is 17.6 Å². The number of fused-ring (bicyclic) bond motifs is 2. The smallest absolute Gasteiger partial charge is 0.383 e. The quantitative estimate of drug-likeness (QED) is 0.532. The molecule has 35 heavy (non-hydrogen) atoms. The molecule has 0 radical (unpaired) electrons. The summed E-state index contributed by atoms with van der Waals surface area (Å²) < 4.78 is 55.2. The van der Waals surface area contributed by atoms with Crippen LogP contribution < -0.4 is 11.1 Å². The Morgan fingerprint density at radius 1 is 1.20 bits per heavy atom. The van der Waals surface area contributed by atoms with E-state index in [2.05, 4.69) is 15.4 Å². The van der Waals surface area contributed by atoms with Crippen molar-refractivity contribution in [2.24, 2.45) is 0 Å². The van der Waals surface area contributed by atoms with Gasteiger partial charge in [-0.1, -0.05) is 12.1 Å². The van der Waals surface area contributed by atoms with Crippen LogP contribution in [0.3, 0.4) is 0 Å². The highest BCUT2D eigenvalue weighted by molar-refractivity contribution is 5.75. The second kappa shape index (κ2) is 8.24. The largest absolute Gasteiger partial charge is 0.419 e. The van der Waals surface area contributed by atoms with Crippen LogP contribution in [0.1, 0.15) is 42.6 Å². The highest BCUT2D eigenvalue weighted by atomic mass is 19.4. The number of rotatable bonds is 3. The number of carbonyl (C=O) groups is 1. The fourth-order valence-electron chi connectivity index (χ4n) is 5.04. The van der Waals surface area contributed by atoms with Crippen LogP contribution in [-0.2, 0) is 18.1 Å². The Morgan fingerprint density at radius 3 is 2.71 bits per heavy atom. The van der Waals surface area contributed by atoms with Crippen LogP contribution in [0.5, 0.6) is 0 Å². The van der Waals surface area contributed by atoms with E-state index in [1.807, 2.05) is 0 Å². The number of nitrogens with zero attached hydrogens (tertiary/aromatic N) is 4. The summed E-state index contributed by atoms with van der Waals surface area (Å²) >= 11 is 0. The molecule has 2 aliphatic heterocycles. The molecule has 0 bridgehead atoms. The molecule has 2 amide bonds. The van der Waals surface area contributed by atoms with Crippen LogP contribution in [-0.4, -0.2) is 38.8 Å². The number of nitrogens with one attached hydrogen (secondary N) is 1. The summed E-state index contributed by atoms with van der Waals surface area (Å²) in [6, 6.07) is 8.25. The number of anilines is 1. The zero-order valence-electron chi connectivity index (χ0n) is 18.9. The third kappa shape index (κ3) is 4.19. The average Bonchev–Trinajstić information content (AvgIpc) is 3.50. The fourth-order valence-corrected chi connectivity index (χ4v) is 5.04. The Hall–Kier alpha value is -3.63. The zero-order valence-corrected chi connectivity index (χ0v) is 18.9. The minimum Gasteiger partial charge on any atom is -0.383 e. The van der Waals surface area contributed by atoms with E-state index in [-0.39, 0.29) is 28.9 Å². The Labute approximate surface area is 198 Å². The second-order valence-electron chi connectivity index (χ2n) is 9.22. The van der Waals surface area contributed by atoms with Gasteiger partial charge in [-0.05, 0) is 49.6 Å². The number of hydrogen-bond acceptors (Lipinski definition) is 4. The third-order valence-electron chi connectivity index (χ3n) is 6.97. The molecule has 184 valence electrons. The molecular formula is C24H24F4N6O. The number of urea groups is 1. The number of hydrogen-bond donors (Lipinski definition) is 2. The SMILES string of the molecule is C[C@@H](NC(=O)N1CCC2(CCn3nc(-c4cnc(N)c(C(F)(F)F)c4)cc32)C1)c1cccc(F)c1. The van der Waals surface area contributed by atoms with Gasteiger partial charge in [0.05, 0.1) is 17.3 Å². The molecule has 3 N–H and O–H groups in total. The van der Waals surface area contributed by atoms with Crippen LogP contribution in [0.2, 0.25) is 0 Å². The van der Waals surface area contributed by atoms with E-state index in [4.69, 9.17) is 5.73 Å². The van der Waals surface area contributed by atoms with Gasteiger partial charge in [-0.25, -0.2) is 14.2 Å². The van der Waals surface area contributed by atoms with Gasteiger partial charge in [0, 0.05) is 42.5 Å². The maximum absolute atomic E-state index is 13.5. The molecule has 7 nitrogen and oxygen atoms in total. The molecule has 11 heteroatoms. The number of aryl methyl sites for hydroxylation is 1. The van der Waals surface area contributed by atoms with Crippen molar-refractivity contribution >= 4 is 11.8 Å². The van der Waals surface area contributed by atoms with Crippen molar-refractivity contribution in [3.05, 3.63) is 65.2 Å². The summed E-state index contributed by atoms with van der Waals surface area (Å²) in [7, 11) is 0. The van der Waals surface area contributed by atoms with E-state index in [1.165, 1.54) is 18.3 Å². The first kappa shape index (κ1) is 23.1. The average molecular weight is 488 g/mol. The predicted octanol–water partition coefficient (Wildman–Crippen LogP) is 4.50. The number of carbonyl (C=O) groups excluding carboxylic acids is 1. The van der Waals surface area contributed by atoms with Crippen molar-refractivity contribution in [3.8, 4) is 11.3 Å². The van der Waals surface area contributed by atoms with E-state index in [9.17, 15) is 22.4 Å². The summed E-state index contributed by atoms with van der Waals surface area (Å²) in [5.41, 5.74) is 6.30. The van der Waals surface area contributed by atoms with Gasteiger partial charge in [-0.2, -0.15) is 18.3 Å². The lowest BCUT2D eigenvalue weighted by Gasteiger charge is -2.25. The Bertz CT molecular complexity index is 1290. The van der Waals surface area contributed by atoms with Gasteiger partial charge in [0.25, 0.3) is 0 Å². The van der Waals surface area contributed by atoms with Crippen molar-refractivity contribution in [1.29, 1.82) is 0 Å². The van der Waals surface area contributed by atoms with Gasteiger partial charge < -0.3 is 16.0 Å². The Kier molecular flexibility index (Phi) is 5.45. The molecule has 2 aliphatic rings. The van der Waals surface area contributed by atoms with Crippen LogP contribution in [0.4, 0.5) is 28.2 Å². The number of pyridine rings is 1. The maximum atomic E-state index is 13.5. The lowest BCUT2D eigenvalue weighted by atomic mass is 9.82. The highest BCUT2D eigenvalue weighted by Gasteiger charge is 2.47. The number of amides is 2. The van der Waals surface area contributed by atoms with Crippen LogP contribution in [0, 0.1) is 5.82 Å². The van der Waals surface area contributed by atoms with Gasteiger partial charge in [-0.15, -0.1) is 0 Å². The zero-order chi connectivity index (χ0) is 25.0. The molecule has 1 fully saturated rings. The van der Waals surface area contributed by atoms with E-state index in [0.29, 0.717) is 37.3 Å². The fraction of sp³-hybridized carbons (Fsp3) is 0.375. The summed E-state index contributed by atoms with van der Waals surface area (Å²) in [4.78, 5) is 18.4. The summed E-state index contributed by atoms with van der Waals surface area (Å²) in [6.07, 6.45) is -1.82. The maximum Gasteiger partial charge on any atom is 0.419 e. The molecular weight excluding hydrogens is 464 g/mol. The number of aromatic nitrogens is 3. The van der Waals surface area contributed by atoms with Crippen molar-refractivity contribution in [2.75, 3.05) is 18.8 Å². The highest BCUT2D eigenvalue weighted by Crippen LogP contribution is 2.44. The molecule has 5 rings (SSSR count). The number of nitrogens with two attached hydrogens (primary N) is 1. The van der Waals surface area contributed by atoms with Crippen molar-refractivity contribution in [3.63, 3.8) is 0 Å². The van der Waals surface area contributed by atoms with Crippen LogP contribution in [0.25, 0.3) is 11.3 Å². The molecule has 2 aromatic heterocycles. The molecule has 0 saturated carbocycles. The minimum absolute atomic E-state index is 0.236. The van der Waals surface area contributed by atoms with Gasteiger partial charge in [0.1, 0.15) is 11.6 Å². The summed E-state index contributed by atoms with van der Waals surface area (Å²) in [5.74, 6) is -0.938. The van der Waals surface area contributed by atoms with Crippen LogP contribution >= 0.6 is 0 Å². The third-order valence-corrected chi connectivity index (χ3v) is 6.97. The first-order chi connectivity index (χ1) is 16.6. The molecule has 1 unspecified atom stereocenters. The van der Waals surface area contributed by atoms with Crippen molar-refractivity contribution < 1.29 is 22.4 Å². The molecule has 1 saturated heterocycles. The van der Waals surface area contributed by atoms with Gasteiger partial charge in [0.2, 0.25) is 0 Å². The number of benzene rings is 1. The topological polar surface area (TPSA) is 89.1 Å². The lowest BCUT2D eigenvalue weighted by Crippen LogP contribution is -2.41. The molecule has 4 heterocycles. The molecule has 3 aromatic rings. The van der Waals surface area contributed by atoms with E-state index >= 15 is 0 Å². The van der Waals surface area contributed by atoms with Crippen molar-refractivity contribution in [2.45, 2.75) is 43.9 Å². The lowest BCUT2D eigenvalue weighted by molar-refractivity contribution is -0.137. The van der Waals surface area contributed by atoms with E-state index in [0.717, 1.165) is 18.2 Å². The molecule has 1 aromatic carbocycles. The number of nitrogen functional groups attached to an aromatic ring is 1. The summed E-state index contributed by atoms with van der Waals surface area (Å²) in [5, 5.41) is 7.44. The first-order valence-electron chi connectivity index (χ1n) is 11.3. The molecule has 0 aliphatic carbocycles. The molecule has 1 spiro atoms. The monoisotopic (exact) mass is 488 g/mol. The summed E-state index contributed by atoms with van der Waals surface area (Å²) in [6.45, 7) is 3.40. The first-order valence-corrected chi connectivity index (χ1v) is 11.3. The normalized spacial score (nSPS) is 20.3. The van der Waals surface area contributed by atoms with Gasteiger partial charge in [-0.3, -0.25) is 4.68 Å². The standard InChI is InChI=1S/C24H24F4N6O/c1-14(15-3-2-4-17(25)9-15)31-22(35)33-7-5-23(13-33)6-8-34-20(23)11-19(32-34)16-10-18(24(26,27)28)21(29)30-12-16/h2-4,9-12,14H,5-8,13H2,1H3,(H2,29,30)(H,31,35)/t14-,23?/m1/s1. The van der Waals surface area contributed by atoms with Gasteiger partial charge in [0.15, 0.2) is 0 Å². The number of halogens is 4. The predicted molar refractivity (Wildman–Crippen MR) is 121 cm³/mol. The Balaban J connectivity index is 1.33.